The molecule has 5 nitrogen and oxygen atoms in total. The van der Waals surface area contributed by atoms with E-state index in [0.29, 0.717) is 6.42 Å². The molecule has 0 aromatic carbocycles. The van der Waals surface area contributed by atoms with Gasteiger partial charge in [0.05, 0.1) is 17.9 Å². The van der Waals surface area contributed by atoms with Crippen molar-refractivity contribution in [2.45, 2.75) is 71.4 Å². The van der Waals surface area contributed by atoms with Crippen LogP contribution in [-0.4, -0.2) is 35.9 Å². The van der Waals surface area contributed by atoms with E-state index in [1.165, 1.54) is 11.1 Å². The smallest absolute Gasteiger partial charge is 0.309 e. The normalized spacial score (nSPS) is 46.2. The van der Waals surface area contributed by atoms with E-state index in [1.54, 1.807) is 0 Å². The van der Waals surface area contributed by atoms with Gasteiger partial charge in [-0.15, -0.1) is 0 Å². The van der Waals surface area contributed by atoms with Gasteiger partial charge in [0.1, 0.15) is 17.8 Å². The minimum atomic E-state index is -0.301. The number of carbonyl (C=O) groups is 2. The van der Waals surface area contributed by atoms with Gasteiger partial charge in [0.15, 0.2) is 0 Å². The van der Waals surface area contributed by atoms with Gasteiger partial charge >= 0.3 is 11.9 Å². The molecular formula is C19H26O5. The van der Waals surface area contributed by atoms with Crippen molar-refractivity contribution in [2.24, 2.45) is 23.7 Å². The molecule has 4 rings (SSSR count). The molecule has 0 radical (unpaired) electrons. The second kappa shape index (κ2) is 5.07. The summed E-state index contributed by atoms with van der Waals surface area (Å²) in [5, 5.41) is 0. The maximum Gasteiger partial charge on any atom is 0.309 e. The maximum absolute atomic E-state index is 12.3. The lowest BCUT2D eigenvalue weighted by atomic mass is 9.78. The molecule has 3 fully saturated rings. The van der Waals surface area contributed by atoms with Gasteiger partial charge in [-0.1, -0.05) is 31.9 Å². The molecule has 0 spiro atoms. The first-order chi connectivity index (χ1) is 11.2. The fraction of sp³-hybridized carbons (Fsp3) is 0.789. The number of carbonyl (C=O) groups excluding carboxylic acids is 2. The van der Waals surface area contributed by atoms with Crippen molar-refractivity contribution < 1.29 is 23.8 Å². The van der Waals surface area contributed by atoms with E-state index in [-0.39, 0.29) is 59.5 Å². The van der Waals surface area contributed by atoms with E-state index in [4.69, 9.17) is 14.2 Å². The van der Waals surface area contributed by atoms with Gasteiger partial charge in [0.25, 0.3) is 0 Å². The van der Waals surface area contributed by atoms with Crippen molar-refractivity contribution in [1.29, 1.82) is 0 Å². The van der Waals surface area contributed by atoms with E-state index < -0.39 is 0 Å². The Balaban J connectivity index is 1.72. The summed E-state index contributed by atoms with van der Waals surface area (Å²) >= 11 is 0. The van der Waals surface area contributed by atoms with Gasteiger partial charge in [0.2, 0.25) is 0 Å². The van der Waals surface area contributed by atoms with Gasteiger partial charge in [-0.05, 0) is 20.3 Å². The summed E-state index contributed by atoms with van der Waals surface area (Å²) in [5.74, 6) is -0.819. The SMILES string of the molecule is CC1=C2CC3OC3(C)C2C2OC(=O)C(C)C2C(OC(=O)C(C)C)C1. The molecule has 0 bridgehead atoms. The third-order valence-corrected chi connectivity index (χ3v) is 6.51. The van der Waals surface area contributed by atoms with Crippen LogP contribution >= 0.6 is 0 Å². The number of rotatable bonds is 2. The van der Waals surface area contributed by atoms with Crippen molar-refractivity contribution in [3.63, 3.8) is 0 Å². The average Bonchev–Trinajstić information content (AvgIpc) is 2.97. The lowest BCUT2D eigenvalue weighted by molar-refractivity contribution is -0.157. The largest absolute Gasteiger partial charge is 0.461 e. The van der Waals surface area contributed by atoms with Crippen LogP contribution in [0.2, 0.25) is 0 Å². The Morgan fingerprint density at radius 3 is 2.71 bits per heavy atom. The molecule has 0 aromatic heterocycles. The zero-order chi connectivity index (χ0) is 17.4. The predicted octanol–water partition coefficient (Wildman–Crippen LogP) is 2.63. The van der Waals surface area contributed by atoms with E-state index in [2.05, 4.69) is 13.8 Å². The highest BCUT2D eigenvalue weighted by Crippen LogP contribution is 2.62. The minimum Gasteiger partial charge on any atom is -0.461 e. The molecule has 2 heterocycles. The molecule has 2 saturated heterocycles. The summed E-state index contributed by atoms with van der Waals surface area (Å²) in [5.41, 5.74) is 2.41. The Morgan fingerprint density at radius 2 is 2.04 bits per heavy atom. The Labute approximate surface area is 142 Å². The second-order valence-electron chi connectivity index (χ2n) is 8.38. The highest BCUT2D eigenvalue weighted by molar-refractivity contribution is 5.76. The third-order valence-electron chi connectivity index (χ3n) is 6.51. The van der Waals surface area contributed by atoms with Crippen LogP contribution in [0.1, 0.15) is 47.5 Å². The van der Waals surface area contributed by atoms with Crippen LogP contribution in [0, 0.1) is 23.7 Å². The molecule has 132 valence electrons. The van der Waals surface area contributed by atoms with Crippen LogP contribution in [0.4, 0.5) is 0 Å². The number of hydrogen-bond donors (Lipinski definition) is 0. The Kier molecular flexibility index (Phi) is 3.41. The van der Waals surface area contributed by atoms with Crippen molar-refractivity contribution in [3.8, 4) is 0 Å². The Hall–Kier alpha value is -1.36. The third kappa shape index (κ3) is 2.10. The van der Waals surface area contributed by atoms with Crippen molar-refractivity contribution in [3.05, 3.63) is 11.1 Å². The van der Waals surface area contributed by atoms with E-state index in [0.717, 1.165) is 6.42 Å². The van der Waals surface area contributed by atoms with Gasteiger partial charge in [-0.3, -0.25) is 9.59 Å². The quantitative estimate of drug-likeness (QED) is 0.441. The summed E-state index contributed by atoms with van der Waals surface area (Å²) in [6.45, 7) is 9.81. The molecule has 0 N–H and O–H groups in total. The van der Waals surface area contributed by atoms with Crippen LogP contribution < -0.4 is 0 Å². The fourth-order valence-electron chi connectivity index (χ4n) is 4.99. The molecule has 0 amide bonds. The van der Waals surface area contributed by atoms with Crippen LogP contribution in [0.5, 0.6) is 0 Å². The van der Waals surface area contributed by atoms with Crippen molar-refractivity contribution in [2.75, 3.05) is 0 Å². The van der Waals surface area contributed by atoms with Gasteiger partial charge < -0.3 is 14.2 Å². The maximum atomic E-state index is 12.3. The first-order valence-corrected chi connectivity index (χ1v) is 9.01. The lowest BCUT2D eigenvalue weighted by Crippen LogP contribution is -2.41. The topological polar surface area (TPSA) is 65.1 Å². The highest BCUT2D eigenvalue weighted by atomic mass is 16.6. The lowest BCUT2D eigenvalue weighted by Gasteiger charge is -2.31. The summed E-state index contributed by atoms with van der Waals surface area (Å²) in [4.78, 5) is 24.5. The number of hydrogen-bond acceptors (Lipinski definition) is 5. The Morgan fingerprint density at radius 1 is 1.33 bits per heavy atom. The second-order valence-corrected chi connectivity index (χ2v) is 8.38. The first kappa shape index (κ1) is 16.1. The number of epoxide rings is 1. The first-order valence-electron chi connectivity index (χ1n) is 9.01. The molecule has 24 heavy (non-hydrogen) atoms. The summed E-state index contributed by atoms with van der Waals surface area (Å²) in [6.07, 6.45) is 1.30. The predicted molar refractivity (Wildman–Crippen MR) is 86.0 cm³/mol. The van der Waals surface area contributed by atoms with Gasteiger partial charge in [0, 0.05) is 18.3 Å². The van der Waals surface area contributed by atoms with Gasteiger partial charge in [-0.25, -0.2) is 0 Å². The van der Waals surface area contributed by atoms with E-state index >= 15 is 0 Å². The van der Waals surface area contributed by atoms with Crippen LogP contribution in [-0.2, 0) is 23.8 Å². The number of ether oxygens (including phenoxy) is 3. The molecule has 1 saturated carbocycles. The van der Waals surface area contributed by atoms with E-state index in [9.17, 15) is 9.59 Å². The summed E-state index contributed by atoms with van der Waals surface area (Å²) in [7, 11) is 0. The molecular weight excluding hydrogens is 308 g/mol. The zero-order valence-electron chi connectivity index (χ0n) is 15.0. The van der Waals surface area contributed by atoms with Crippen LogP contribution in [0.3, 0.4) is 0 Å². The Bertz CT molecular complexity index is 636. The van der Waals surface area contributed by atoms with Crippen LogP contribution in [0.25, 0.3) is 0 Å². The molecule has 5 heteroatoms. The van der Waals surface area contributed by atoms with E-state index in [1.807, 2.05) is 20.8 Å². The molecule has 7 unspecified atom stereocenters. The molecule has 2 aliphatic carbocycles. The van der Waals surface area contributed by atoms with Gasteiger partial charge in [-0.2, -0.15) is 0 Å². The van der Waals surface area contributed by atoms with Crippen LogP contribution in [0.15, 0.2) is 11.1 Å². The fourth-order valence-corrected chi connectivity index (χ4v) is 4.99. The molecule has 0 aromatic rings. The molecule has 4 aliphatic rings. The number of esters is 2. The standard InChI is InChI=1S/C19H26O5/c1-8(2)17(20)22-12-6-9(3)11-7-13-19(5,24-13)15(11)16-14(12)10(4)18(21)23-16/h8,10,12-16H,6-7H2,1-5H3. The minimum absolute atomic E-state index is 0.0996. The summed E-state index contributed by atoms with van der Waals surface area (Å²) in [6, 6.07) is 0. The van der Waals surface area contributed by atoms with Crippen molar-refractivity contribution >= 4 is 11.9 Å². The number of fused-ring (bicyclic) bond motifs is 5. The zero-order valence-corrected chi connectivity index (χ0v) is 15.0. The highest BCUT2D eigenvalue weighted by Gasteiger charge is 2.70. The summed E-state index contributed by atoms with van der Waals surface area (Å²) < 4.78 is 17.6. The molecule has 7 atom stereocenters. The molecule has 2 aliphatic heterocycles. The van der Waals surface area contributed by atoms with Crippen molar-refractivity contribution in [1.82, 2.24) is 0 Å². The average molecular weight is 334 g/mol. The monoisotopic (exact) mass is 334 g/mol.